The summed E-state index contributed by atoms with van der Waals surface area (Å²) in [7, 11) is 1.39. The number of para-hydroxylation sites is 1. The molecule has 6 nitrogen and oxygen atoms in total. The van der Waals surface area contributed by atoms with E-state index in [0.717, 1.165) is 18.2 Å². The Kier molecular flexibility index (Phi) is 6.38. The molecule has 0 saturated carbocycles. The molecule has 27 heavy (non-hydrogen) atoms. The van der Waals surface area contributed by atoms with Gasteiger partial charge < -0.3 is 25.2 Å². The summed E-state index contributed by atoms with van der Waals surface area (Å²) < 4.78 is 48.9. The molecule has 3 N–H and O–H groups in total. The molecule has 2 rings (SSSR count). The second-order valence-electron chi connectivity index (χ2n) is 5.42. The van der Waals surface area contributed by atoms with Crippen molar-refractivity contribution in [3.8, 4) is 17.2 Å². The zero-order valence-electron chi connectivity index (χ0n) is 14.7. The molecule has 2 aromatic carbocycles. The lowest BCUT2D eigenvalue weighted by atomic mass is 10.1. The van der Waals surface area contributed by atoms with Gasteiger partial charge in [0.2, 0.25) is 0 Å². The van der Waals surface area contributed by atoms with E-state index in [4.69, 9.17) is 9.47 Å². The van der Waals surface area contributed by atoms with Gasteiger partial charge >= 0.3 is 12.2 Å². The van der Waals surface area contributed by atoms with Gasteiger partial charge in [0.05, 0.1) is 25.0 Å². The minimum Gasteiger partial charge on any atom is -0.504 e. The van der Waals surface area contributed by atoms with Crippen LogP contribution in [0.15, 0.2) is 36.4 Å². The summed E-state index contributed by atoms with van der Waals surface area (Å²) in [6, 6.07) is 6.83. The fourth-order valence-electron chi connectivity index (χ4n) is 2.30. The van der Waals surface area contributed by atoms with Gasteiger partial charge in [0.15, 0.2) is 11.5 Å². The number of urea groups is 1. The van der Waals surface area contributed by atoms with Crippen LogP contribution in [0.5, 0.6) is 17.2 Å². The SMILES string of the molecule is CCOc1ccc(C(F)(F)F)cc1NC(=O)NCc1cccc(OC)c1O. The first-order valence-electron chi connectivity index (χ1n) is 8.00. The molecule has 2 amide bonds. The normalized spacial score (nSPS) is 11.0. The van der Waals surface area contributed by atoms with Crippen LogP contribution >= 0.6 is 0 Å². The molecule has 0 fully saturated rings. The first-order chi connectivity index (χ1) is 12.8. The average Bonchev–Trinajstić information content (AvgIpc) is 2.61. The van der Waals surface area contributed by atoms with Gasteiger partial charge in [-0.3, -0.25) is 0 Å². The maximum Gasteiger partial charge on any atom is 0.416 e. The van der Waals surface area contributed by atoms with E-state index in [9.17, 15) is 23.1 Å². The number of hydrogen-bond donors (Lipinski definition) is 3. The number of ether oxygens (including phenoxy) is 2. The van der Waals surface area contributed by atoms with Crippen LogP contribution in [0.2, 0.25) is 0 Å². The summed E-state index contributed by atoms with van der Waals surface area (Å²) in [6.45, 7) is 1.84. The highest BCUT2D eigenvalue weighted by Crippen LogP contribution is 2.35. The van der Waals surface area contributed by atoms with Crippen LogP contribution in [0.4, 0.5) is 23.7 Å². The number of carbonyl (C=O) groups excluding carboxylic acids is 1. The zero-order chi connectivity index (χ0) is 20.0. The van der Waals surface area contributed by atoms with E-state index in [1.165, 1.54) is 7.11 Å². The van der Waals surface area contributed by atoms with E-state index in [1.807, 2.05) is 0 Å². The quantitative estimate of drug-likeness (QED) is 0.699. The van der Waals surface area contributed by atoms with Crippen LogP contribution in [0.3, 0.4) is 0 Å². The molecular weight excluding hydrogens is 365 g/mol. The van der Waals surface area contributed by atoms with E-state index in [-0.39, 0.29) is 36.1 Å². The van der Waals surface area contributed by atoms with Crippen LogP contribution < -0.4 is 20.1 Å². The largest absolute Gasteiger partial charge is 0.504 e. The van der Waals surface area contributed by atoms with Gasteiger partial charge in [-0.2, -0.15) is 13.2 Å². The second-order valence-corrected chi connectivity index (χ2v) is 5.42. The Hall–Kier alpha value is -3.10. The molecule has 146 valence electrons. The maximum atomic E-state index is 12.9. The number of anilines is 1. The van der Waals surface area contributed by atoms with Crippen molar-refractivity contribution >= 4 is 11.7 Å². The lowest BCUT2D eigenvalue weighted by Gasteiger charge is -2.15. The third kappa shape index (κ3) is 5.19. The summed E-state index contributed by atoms with van der Waals surface area (Å²) in [5, 5.41) is 14.8. The predicted molar refractivity (Wildman–Crippen MR) is 93.1 cm³/mol. The number of phenolic OH excluding ortho intramolecular Hbond substituents is 1. The highest BCUT2D eigenvalue weighted by Gasteiger charge is 2.31. The molecule has 0 aromatic heterocycles. The molecule has 0 unspecified atom stereocenters. The van der Waals surface area contributed by atoms with Crippen LogP contribution in [-0.4, -0.2) is 24.9 Å². The number of hydrogen-bond acceptors (Lipinski definition) is 4. The number of aromatic hydroxyl groups is 1. The molecule has 0 spiro atoms. The number of phenols is 1. The van der Waals surface area contributed by atoms with Gasteiger partial charge in [0.1, 0.15) is 5.75 Å². The van der Waals surface area contributed by atoms with Gasteiger partial charge in [-0.1, -0.05) is 12.1 Å². The summed E-state index contributed by atoms with van der Waals surface area (Å²) in [5.41, 5.74) is -0.635. The molecule has 0 heterocycles. The van der Waals surface area contributed by atoms with Crippen LogP contribution in [-0.2, 0) is 12.7 Å². The van der Waals surface area contributed by atoms with E-state index in [2.05, 4.69) is 10.6 Å². The van der Waals surface area contributed by atoms with Gasteiger partial charge in [-0.25, -0.2) is 4.79 Å². The first kappa shape index (κ1) is 20.2. The molecule has 0 aliphatic heterocycles. The van der Waals surface area contributed by atoms with E-state index in [1.54, 1.807) is 25.1 Å². The summed E-state index contributed by atoms with van der Waals surface area (Å²) >= 11 is 0. The number of carbonyl (C=O) groups is 1. The van der Waals surface area contributed by atoms with E-state index in [0.29, 0.717) is 5.56 Å². The van der Waals surface area contributed by atoms with E-state index >= 15 is 0 Å². The van der Waals surface area contributed by atoms with Crippen molar-refractivity contribution in [1.29, 1.82) is 0 Å². The van der Waals surface area contributed by atoms with E-state index < -0.39 is 17.8 Å². The van der Waals surface area contributed by atoms with Crippen LogP contribution in [0.1, 0.15) is 18.1 Å². The number of nitrogens with one attached hydrogen (secondary N) is 2. The molecule has 2 aromatic rings. The minimum atomic E-state index is -4.55. The molecule has 9 heteroatoms. The monoisotopic (exact) mass is 384 g/mol. The molecular formula is C18H19F3N2O4. The maximum absolute atomic E-state index is 12.9. The molecule has 0 aliphatic rings. The van der Waals surface area contributed by atoms with Gasteiger partial charge in [-0.05, 0) is 31.2 Å². The first-order valence-corrected chi connectivity index (χ1v) is 8.00. The topological polar surface area (TPSA) is 79.8 Å². The lowest BCUT2D eigenvalue weighted by molar-refractivity contribution is -0.137. The highest BCUT2D eigenvalue weighted by atomic mass is 19.4. The lowest BCUT2D eigenvalue weighted by Crippen LogP contribution is -2.28. The Bertz CT molecular complexity index is 810. The van der Waals surface area contributed by atoms with Gasteiger partial charge in [0, 0.05) is 12.1 Å². The molecule has 0 bridgehead atoms. The fraction of sp³-hybridized carbons (Fsp3) is 0.278. The Morgan fingerprint density at radius 1 is 1.19 bits per heavy atom. The standard InChI is InChI=1S/C18H19F3N2O4/c1-3-27-14-8-7-12(18(19,20)21)9-13(14)23-17(25)22-10-11-5-4-6-15(26-2)16(11)24/h4-9,24H,3,10H2,1-2H3,(H2,22,23,25). The Labute approximate surface area is 153 Å². The molecule has 0 aliphatic carbocycles. The average molecular weight is 384 g/mol. The van der Waals surface area contributed by atoms with Crippen molar-refractivity contribution in [2.24, 2.45) is 0 Å². The predicted octanol–water partition coefficient (Wildman–Crippen LogP) is 4.14. The van der Waals surface area contributed by atoms with Gasteiger partial charge in [-0.15, -0.1) is 0 Å². The molecule has 0 atom stereocenters. The summed E-state index contributed by atoms with van der Waals surface area (Å²) in [6.07, 6.45) is -4.55. The number of methoxy groups -OCH3 is 1. The Balaban J connectivity index is 2.12. The fourth-order valence-corrected chi connectivity index (χ4v) is 2.30. The Morgan fingerprint density at radius 3 is 2.56 bits per heavy atom. The van der Waals surface area contributed by atoms with Crippen molar-refractivity contribution in [2.45, 2.75) is 19.6 Å². The number of rotatable bonds is 6. The van der Waals surface area contributed by atoms with Crippen molar-refractivity contribution in [3.63, 3.8) is 0 Å². The van der Waals surface area contributed by atoms with Crippen molar-refractivity contribution in [2.75, 3.05) is 19.0 Å². The molecule has 0 saturated heterocycles. The van der Waals surface area contributed by atoms with Crippen LogP contribution in [0, 0.1) is 0 Å². The Morgan fingerprint density at radius 2 is 1.93 bits per heavy atom. The highest BCUT2D eigenvalue weighted by molar-refractivity contribution is 5.91. The minimum absolute atomic E-state index is 0.0577. The number of amides is 2. The third-order valence-electron chi connectivity index (χ3n) is 3.60. The smallest absolute Gasteiger partial charge is 0.416 e. The van der Waals surface area contributed by atoms with Gasteiger partial charge in [0.25, 0.3) is 0 Å². The number of alkyl halides is 3. The second kappa shape index (κ2) is 8.52. The zero-order valence-corrected chi connectivity index (χ0v) is 14.7. The van der Waals surface area contributed by atoms with Crippen LogP contribution in [0.25, 0.3) is 0 Å². The number of benzene rings is 2. The third-order valence-corrected chi connectivity index (χ3v) is 3.60. The molecule has 0 radical (unpaired) electrons. The summed E-state index contributed by atoms with van der Waals surface area (Å²) in [5.74, 6) is 0.227. The summed E-state index contributed by atoms with van der Waals surface area (Å²) in [4.78, 5) is 12.1. The van der Waals surface area contributed by atoms with Crippen molar-refractivity contribution < 1.29 is 32.5 Å². The number of halogens is 3. The van der Waals surface area contributed by atoms with Crippen molar-refractivity contribution in [3.05, 3.63) is 47.5 Å². The van der Waals surface area contributed by atoms with Crippen molar-refractivity contribution in [1.82, 2.24) is 5.32 Å².